The number of unbranched alkanes of at least 4 members (excludes halogenated alkanes) is 1. The number of carbonyl (C=O) groups is 1. The number of carbonyl (C=O) groups excluding carboxylic acids is 1. The summed E-state index contributed by atoms with van der Waals surface area (Å²) in [6.45, 7) is 4.25. The van der Waals surface area contributed by atoms with Crippen molar-refractivity contribution >= 4 is 39.3 Å². The molecular formula is C14H18N2O3S2. The number of thioether (sulfide) groups is 1. The molecule has 0 aliphatic rings. The number of thiophene rings is 1. The van der Waals surface area contributed by atoms with Gasteiger partial charge in [-0.15, -0.1) is 11.3 Å². The minimum absolute atomic E-state index is 0.0796. The van der Waals surface area contributed by atoms with Crippen molar-refractivity contribution in [3.8, 4) is 0 Å². The molecule has 21 heavy (non-hydrogen) atoms. The van der Waals surface area contributed by atoms with Crippen molar-refractivity contribution in [2.45, 2.75) is 37.1 Å². The van der Waals surface area contributed by atoms with Gasteiger partial charge in [-0.3, -0.25) is 14.2 Å². The SMILES string of the molecule is CCCCOC(=O)C(C)Sc1nc2ccsc2c(=O)n1C. The Kier molecular flexibility index (Phi) is 5.41. The molecule has 0 radical (unpaired) electrons. The zero-order chi connectivity index (χ0) is 15.4. The minimum atomic E-state index is -0.393. The first kappa shape index (κ1) is 16.0. The summed E-state index contributed by atoms with van der Waals surface area (Å²) < 4.78 is 7.31. The van der Waals surface area contributed by atoms with Gasteiger partial charge in [0.1, 0.15) is 9.95 Å². The summed E-state index contributed by atoms with van der Waals surface area (Å²) >= 11 is 2.63. The normalized spacial score (nSPS) is 12.5. The molecule has 0 fully saturated rings. The van der Waals surface area contributed by atoms with Gasteiger partial charge in [0.2, 0.25) is 0 Å². The molecule has 2 rings (SSSR count). The average molecular weight is 326 g/mol. The van der Waals surface area contributed by atoms with Crippen LogP contribution in [0.5, 0.6) is 0 Å². The predicted molar refractivity (Wildman–Crippen MR) is 86.0 cm³/mol. The highest BCUT2D eigenvalue weighted by Gasteiger charge is 2.19. The Labute approximate surface area is 131 Å². The molecule has 0 N–H and O–H groups in total. The van der Waals surface area contributed by atoms with E-state index in [9.17, 15) is 9.59 Å². The molecule has 2 aromatic rings. The van der Waals surface area contributed by atoms with E-state index in [1.165, 1.54) is 27.7 Å². The quantitative estimate of drug-likeness (QED) is 0.353. The van der Waals surface area contributed by atoms with Crippen molar-refractivity contribution in [1.29, 1.82) is 0 Å². The Morgan fingerprint density at radius 1 is 1.57 bits per heavy atom. The van der Waals surface area contributed by atoms with E-state index in [-0.39, 0.29) is 11.5 Å². The summed E-state index contributed by atoms with van der Waals surface area (Å²) in [4.78, 5) is 28.5. The average Bonchev–Trinajstić information content (AvgIpc) is 2.92. The second-order valence-electron chi connectivity index (χ2n) is 4.67. The molecule has 5 nitrogen and oxygen atoms in total. The largest absolute Gasteiger partial charge is 0.465 e. The zero-order valence-corrected chi connectivity index (χ0v) is 13.9. The van der Waals surface area contributed by atoms with Crippen LogP contribution < -0.4 is 5.56 Å². The number of nitrogens with zero attached hydrogens (tertiary/aromatic N) is 2. The molecule has 0 saturated carbocycles. The fourth-order valence-corrected chi connectivity index (χ4v) is 3.39. The topological polar surface area (TPSA) is 61.2 Å². The summed E-state index contributed by atoms with van der Waals surface area (Å²) in [6.07, 6.45) is 1.85. The smallest absolute Gasteiger partial charge is 0.319 e. The van der Waals surface area contributed by atoms with E-state index in [1.54, 1.807) is 14.0 Å². The molecule has 0 aliphatic heterocycles. The lowest BCUT2D eigenvalue weighted by atomic mass is 10.4. The summed E-state index contributed by atoms with van der Waals surface area (Å²) in [7, 11) is 1.67. The molecular weight excluding hydrogens is 308 g/mol. The van der Waals surface area contributed by atoms with E-state index < -0.39 is 5.25 Å². The van der Waals surface area contributed by atoms with Gasteiger partial charge in [0.05, 0.1) is 12.1 Å². The highest BCUT2D eigenvalue weighted by Crippen LogP contribution is 2.24. The van der Waals surface area contributed by atoms with E-state index in [4.69, 9.17) is 4.74 Å². The highest BCUT2D eigenvalue weighted by molar-refractivity contribution is 8.00. The summed E-state index contributed by atoms with van der Waals surface area (Å²) in [5, 5.41) is 1.98. The first-order chi connectivity index (χ1) is 10.0. The predicted octanol–water partition coefficient (Wildman–Crippen LogP) is 2.82. The van der Waals surface area contributed by atoms with Crippen LogP contribution in [0.15, 0.2) is 21.4 Å². The molecule has 2 heterocycles. The lowest BCUT2D eigenvalue weighted by Gasteiger charge is -2.12. The number of hydrogen-bond acceptors (Lipinski definition) is 6. The molecule has 1 unspecified atom stereocenters. The van der Waals surface area contributed by atoms with Crippen LogP contribution in [0, 0.1) is 0 Å². The van der Waals surface area contributed by atoms with Gasteiger partial charge in [0.15, 0.2) is 5.16 Å². The van der Waals surface area contributed by atoms with Crippen LogP contribution in [0.1, 0.15) is 26.7 Å². The number of fused-ring (bicyclic) bond motifs is 1. The Balaban J connectivity index is 2.13. The van der Waals surface area contributed by atoms with Gasteiger partial charge in [-0.05, 0) is 24.8 Å². The van der Waals surface area contributed by atoms with E-state index in [2.05, 4.69) is 4.98 Å². The van der Waals surface area contributed by atoms with E-state index in [0.717, 1.165) is 12.8 Å². The van der Waals surface area contributed by atoms with Crippen LogP contribution in [0.4, 0.5) is 0 Å². The van der Waals surface area contributed by atoms with Crippen molar-refractivity contribution in [2.24, 2.45) is 7.05 Å². The second-order valence-corrected chi connectivity index (χ2v) is 6.90. The molecule has 7 heteroatoms. The van der Waals surface area contributed by atoms with Crippen LogP contribution in [0.2, 0.25) is 0 Å². The lowest BCUT2D eigenvalue weighted by molar-refractivity contribution is -0.142. The van der Waals surface area contributed by atoms with Gasteiger partial charge < -0.3 is 4.74 Å². The molecule has 1 atom stereocenters. The van der Waals surface area contributed by atoms with Crippen molar-refractivity contribution in [3.05, 3.63) is 21.8 Å². The summed E-state index contributed by atoms with van der Waals surface area (Å²) in [5.41, 5.74) is 0.598. The Bertz CT molecular complexity index is 693. The van der Waals surface area contributed by atoms with Crippen LogP contribution in [-0.4, -0.2) is 27.4 Å². The Hall–Kier alpha value is -1.34. The van der Waals surface area contributed by atoms with Gasteiger partial charge in [0, 0.05) is 7.05 Å². The third kappa shape index (κ3) is 3.65. The van der Waals surface area contributed by atoms with E-state index >= 15 is 0 Å². The van der Waals surface area contributed by atoms with Crippen LogP contribution in [0.25, 0.3) is 10.2 Å². The monoisotopic (exact) mass is 326 g/mol. The highest BCUT2D eigenvalue weighted by atomic mass is 32.2. The Morgan fingerprint density at radius 2 is 2.33 bits per heavy atom. The summed E-state index contributed by atoms with van der Waals surface area (Å²) in [6, 6.07) is 1.82. The fraction of sp³-hybridized carbons (Fsp3) is 0.500. The molecule has 0 spiro atoms. The standard InChI is InChI=1S/C14H18N2O3S2/c1-4-5-7-19-13(18)9(2)21-14-15-10-6-8-20-11(10)12(17)16(14)3/h6,8-9H,4-5,7H2,1-3H3. The molecule has 0 aliphatic carbocycles. The van der Waals surface area contributed by atoms with Crippen molar-refractivity contribution in [2.75, 3.05) is 6.61 Å². The fourth-order valence-electron chi connectivity index (χ4n) is 1.71. The van der Waals surface area contributed by atoms with E-state index in [1.807, 2.05) is 18.4 Å². The molecule has 114 valence electrons. The van der Waals surface area contributed by atoms with Crippen LogP contribution >= 0.6 is 23.1 Å². The minimum Gasteiger partial charge on any atom is -0.465 e. The first-order valence-electron chi connectivity index (χ1n) is 6.82. The lowest BCUT2D eigenvalue weighted by Crippen LogP contribution is -2.22. The number of ether oxygens (including phenoxy) is 1. The van der Waals surface area contributed by atoms with Gasteiger partial charge in [0.25, 0.3) is 5.56 Å². The number of rotatable bonds is 6. The third-order valence-electron chi connectivity index (χ3n) is 3.00. The van der Waals surface area contributed by atoms with Crippen LogP contribution in [-0.2, 0) is 16.6 Å². The maximum atomic E-state index is 12.2. The molecule has 0 saturated heterocycles. The summed E-state index contributed by atoms with van der Waals surface area (Å²) in [5.74, 6) is -0.270. The molecule has 0 aromatic carbocycles. The molecule has 0 bridgehead atoms. The second kappa shape index (κ2) is 7.09. The van der Waals surface area contributed by atoms with Gasteiger partial charge in [-0.2, -0.15) is 0 Å². The number of esters is 1. The van der Waals surface area contributed by atoms with Gasteiger partial charge >= 0.3 is 5.97 Å². The number of hydrogen-bond donors (Lipinski definition) is 0. The van der Waals surface area contributed by atoms with Crippen LogP contribution in [0.3, 0.4) is 0 Å². The maximum absolute atomic E-state index is 12.2. The van der Waals surface area contributed by atoms with Crippen molar-refractivity contribution in [3.63, 3.8) is 0 Å². The van der Waals surface area contributed by atoms with Crippen molar-refractivity contribution in [1.82, 2.24) is 9.55 Å². The van der Waals surface area contributed by atoms with E-state index in [0.29, 0.717) is 22.0 Å². The maximum Gasteiger partial charge on any atom is 0.319 e. The van der Waals surface area contributed by atoms with Crippen molar-refractivity contribution < 1.29 is 9.53 Å². The zero-order valence-electron chi connectivity index (χ0n) is 12.3. The molecule has 0 amide bonds. The Morgan fingerprint density at radius 3 is 3.05 bits per heavy atom. The van der Waals surface area contributed by atoms with Gasteiger partial charge in [-0.1, -0.05) is 25.1 Å². The first-order valence-corrected chi connectivity index (χ1v) is 8.58. The third-order valence-corrected chi connectivity index (χ3v) is 5.02. The molecule has 2 aromatic heterocycles. The van der Waals surface area contributed by atoms with Gasteiger partial charge in [-0.25, -0.2) is 4.98 Å². The number of aromatic nitrogens is 2.